The normalized spacial score (nSPS) is 11.4. The Morgan fingerprint density at radius 3 is 2.68 bits per heavy atom. The first kappa shape index (κ1) is 11.7. The van der Waals surface area contributed by atoms with Crippen molar-refractivity contribution in [1.82, 2.24) is 5.16 Å². The molecule has 94 valence electrons. The molecule has 0 amide bonds. The molecule has 1 aromatic heterocycles. The van der Waals surface area contributed by atoms with E-state index in [1.54, 1.807) is 18.2 Å². The third-order valence-electron chi connectivity index (χ3n) is 2.81. The van der Waals surface area contributed by atoms with Gasteiger partial charge in [0.15, 0.2) is 5.76 Å². The summed E-state index contributed by atoms with van der Waals surface area (Å²) < 4.78 is 5.37. The van der Waals surface area contributed by atoms with Crippen LogP contribution in [0.4, 0.5) is 0 Å². The molecule has 1 heterocycles. The van der Waals surface area contributed by atoms with Gasteiger partial charge in [-0.3, -0.25) is 0 Å². The molecule has 2 aromatic carbocycles. The SMILES string of the molecule is ON=Cc1ccc2noc(-c3ccc(Cl)cc3)c2c1. The summed E-state index contributed by atoms with van der Waals surface area (Å²) in [6.45, 7) is 0. The summed E-state index contributed by atoms with van der Waals surface area (Å²) in [5, 5.41) is 17.1. The van der Waals surface area contributed by atoms with E-state index in [-0.39, 0.29) is 0 Å². The first-order valence-electron chi connectivity index (χ1n) is 5.61. The minimum absolute atomic E-state index is 0.667. The van der Waals surface area contributed by atoms with Gasteiger partial charge in [-0.05, 0) is 42.0 Å². The van der Waals surface area contributed by atoms with Crippen molar-refractivity contribution in [2.24, 2.45) is 5.16 Å². The van der Waals surface area contributed by atoms with Crippen molar-refractivity contribution in [3.8, 4) is 11.3 Å². The van der Waals surface area contributed by atoms with Crippen molar-refractivity contribution in [2.75, 3.05) is 0 Å². The number of aromatic nitrogens is 1. The summed E-state index contributed by atoms with van der Waals surface area (Å²) in [6, 6.07) is 12.8. The summed E-state index contributed by atoms with van der Waals surface area (Å²) in [5.74, 6) is 0.667. The molecule has 0 bridgehead atoms. The number of hydrogen-bond acceptors (Lipinski definition) is 4. The molecule has 19 heavy (non-hydrogen) atoms. The molecule has 0 aliphatic rings. The molecule has 0 radical (unpaired) electrons. The zero-order valence-electron chi connectivity index (χ0n) is 9.75. The average Bonchev–Trinajstić information content (AvgIpc) is 2.83. The maximum atomic E-state index is 8.57. The maximum Gasteiger partial charge on any atom is 0.174 e. The van der Waals surface area contributed by atoms with Crippen molar-refractivity contribution < 1.29 is 9.73 Å². The largest absolute Gasteiger partial charge is 0.411 e. The van der Waals surface area contributed by atoms with Gasteiger partial charge >= 0.3 is 0 Å². The van der Waals surface area contributed by atoms with Crippen molar-refractivity contribution in [3.05, 3.63) is 53.1 Å². The highest BCUT2D eigenvalue weighted by Crippen LogP contribution is 2.29. The lowest BCUT2D eigenvalue weighted by atomic mass is 10.1. The van der Waals surface area contributed by atoms with Crippen LogP contribution in [-0.2, 0) is 0 Å². The summed E-state index contributed by atoms with van der Waals surface area (Å²) in [5.41, 5.74) is 2.42. The minimum Gasteiger partial charge on any atom is -0.411 e. The zero-order chi connectivity index (χ0) is 13.2. The molecule has 1 N–H and O–H groups in total. The summed E-state index contributed by atoms with van der Waals surface area (Å²) in [6.07, 6.45) is 1.36. The Hall–Kier alpha value is -2.33. The molecular formula is C14H9ClN2O2. The van der Waals surface area contributed by atoms with Crippen LogP contribution in [0.25, 0.3) is 22.2 Å². The van der Waals surface area contributed by atoms with E-state index in [9.17, 15) is 0 Å². The number of fused-ring (bicyclic) bond motifs is 1. The molecule has 0 spiro atoms. The van der Waals surface area contributed by atoms with Gasteiger partial charge in [-0.25, -0.2) is 0 Å². The predicted octanol–water partition coefficient (Wildman–Crippen LogP) is 3.96. The average molecular weight is 273 g/mol. The second-order valence-electron chi connectivity index (χ2n) is 4.04. The fraction of sp³-hybridized carbons (Fsp3) is 0. The number of oxime groups is 1. The van der Waals surface area contributed by atoms with Crippen LogP contribution in [0.2, 0.25) is 5.02 Å². The van der Waals surface area contributed by atoms with E-state index >= 15 is 0 Å². The Morgan fingerprint density at radius 2 is 1.95 bits per heavy atom. The first-order chi connectivity index (χ1) is 9.28. The summed E-state index contributed by atoms with van der Waals surface area (Å²) in [4.78, 5) is 0. The van der Waals surface area contributed by atoms with E-state index in [1.807, 2.05) is 24.3 Å². The first-order valence-corrected chi connectivity index (χ1v) is 5.98. The Balaban J connectivity index is 2.18. The van der Waals surface area contributed by atoms with Crippen LogP contribution in [0.3, 0.4) is 0 Å². The molecule has 0 saturated heterocycles. The van der Waals surface area contributed by atoms with Crippen LogP contribution in [0, 0.1) is 0 Å². The Kier molecular flexibility index (Phi) is 2.93. The molecule has 3 rings (SSSR count). The van der Waals surface area contributed by atoms with Crippen molar-refractivity contribution in [2.45, 2.75) is 0 Å². The van der Waals surface area contributed by atoms with Crippen molar-refractivity contribution >= 4 is 28.7 Å². The van der Waals surface area contributed by atoms with Gasteiger partial charge < -0.3 is 9.73 Å². The number of nitrogens with zero attached hydrogens (tertiary/aromatic N) is 2. The highest BCUT2D eigenvalue weighted by molar-refractivity contribution is 6.30. The smallest absolute Gasteiger partial charge is 0.174 e. The molecule has 0 saturated carbocycles. The van der Waals surface area contributed by atoms with Gasteiger partial charge in [-0.2, -0.15) is 0 Å². The lowest BCUT2D eigenvalue weighted by Gasteiger charge is -1.97. The Morgan fingerprint density at radius 1 is 1.16 bits per heavy atom. The van der Waals surface area contributed by atoms with E-state index in [0.717, 1.165) is 22.0 Å². The third-order valence-corrected chi connectivity index (χ3v) is 3.07. The number of halogens is 1. The molecule has 0 aliphatic carbocycles. The molecule has 0 aliphatic heterocycles. The quantitative estimate of drug-likeness (QED) is 0.436. The summed E-state index contributed by atoms with van der Waals surface area (Å²) >= 11 is 5.87. The van der Waals surface area contributed by atoms with E-state index in [2.05, 4.69) is 10.3 Å². The highest BCUT2D eigenvalue weighted by atomic mass is 35.5. The standard InChI is InChI=1S/C14H9ClN2O2/c15-11-4-2-10(3-5-11)14-12-7-9(8-16-18)1-6-13(12)17-19-14/h1-8,18H. The van der Waals surface area contributed by atoms with E-state index < -0.39 is 0 Å². The topological polar surface area (TPSA) is 58.6 Å². The third kappa shape index (κ3) is 2.18. The van der Waals surface area contributed by atoms with Gasteiger partial charge in [0.05, 0.1) is 11.6 Å². The highest BCUT2D eigenvalue weighted by Gasteiger charge is 2.10. The number of rotatable bonds is 2. The van der Waals surface area contributed by atoms with Crippen LogP contribution in [0.15, 0.2) is 52.1 Å². The second kappa shape index (κ2) is 4.74. The molecule has 0 atom stereocenters. The number of benzene rings is 2. The lowest BCUT2D eigenvalue weighted by Crippen LogP contribution is -1.81. The van der Waals surface area contributed by atoms with E-state index in [4.69, 9.17) is 21.3 Å². The molecule has 5 heteroatoms. The maximum absolute atomic E-state index is 8.57. The van der Waals surface area contributed by atoms with E-state index in [0.29, 0.717) is 10.8 Å². The van der Waals surface area contributed by atoms with Crippen LogP contribution < -0.4 is 0 Å². The molecular weight excluding hydrogens is 264 g/mol. The van der Waals surface area contributed by atoms with Gasteiger partial charge in [0.25, 0.3) is 0 Å². The van der Waals surface area contributed by atoms with Crippen molar-refractivity contribution in [3.63, 3.8) is 0 Å². The Labute approximate surface area is 113 Å². The molecule has 0 fully saturated rings. The van der Waals surface area contributed by atoms with Crippen molar-refractivity contribution in [1.29, 1.82) is 0 Å². The van der Waals surface area contributed by atoms with Gasteiger partial charge in [0.1, 0.15) is 5.52 Å². The molecule has 4 nitrogen and oxygen atoms in total. The molecule has 3 aromatic rings. The minimum atomic E-state index is 0.667. The predicted molar refractivity (Wildman–Crippen MR) is 73.8 cm³/mol. The van der Waals surface area contributed by atoms with E-state index in [1.165, 1.54) is 6.21 Å². The lowest BCUT2D eigenvalue weighted by molar-refractivity contribution is 0.322. The fourth-order valence-electron chi connectivity index (χ4n) is 1.92. The van der Waals surface area contributed by atoms with Gasteiger partial charge in [0.2, 0.25) is 0 Å². The fourth-order valence-corrected chi connectivity index (χ4v) is 2.04. The van der Waals surface area contributed by atoms with Crippen LogP contribution in [0.5, 0.6) is 0 Å². The number of hydrogen-bond donors (Lipinski definition) is 1. The monoisotopic (exact) mass is 272 g/mol. The van der Waals surface area contributed by atoms with Gasteiger partial charge in [0, 0.05) is 10.6 Å². The van der Waals surface area contributed by atoms with Crippen LogP contribution in [-0.4, -0.2) is 16.6 Å². The zero-order valence-corrected chi connectivity index (χ0v) is 10.5. The summed E-state index contributed by atoms with van der Waals surface area (Å²) in [7, 11) is 0. The Bertz CT molecular complexity index is 748. The van der Waals surface area contributed by atoms with Gasteiger partial charge in [-0.15, -0.1) is 0 Å². The molecule has 0 unspecified atom stereocenters. The van der Waals surface area contributed by atoms with Crippen LogP contribution in [0.1, 0.15) is 5.56 Å². The van der Waals surface area contributed by atoms with Crippen LogP contribution >= 0.6 is 11.6 Å². The second-order valence-corrected chi connectivity index (χ2v) is 4.48. The van der Waals surface area contributed by atoms with Gasteiger partial charge in [-0.1, -0.05) is 28.0 Å².